The zero-order valence-electron chi connectivity index (χ0n) is 19.0. The van der Waals surface area contributed by atoms with Gasteiger partial charge in [-0.25, -0.2) is 4.98 Å². The molecule has 1 aliphatic heterocycles. The van der Waals surface area contributed by atoms with Gasteiger partial charge in [-0.1, -0.05) is 30.3 Å². The van der Waals surface area contributed by atoms with Gasteiger partial charge < -0.3 is 10.2 Å². The molecule has 1 saturated heterocycles. The molecule has 0 spiro atoms. The number of carbonyl (C=O) groups is 1. The normalized spacial score (nSPS) is 15.7. The predicted octanol–water partition coefficient (Wildman–Crippen LogP) is 7.21. The molecule has 1 fully saturated rings. The maximum absolute atomic E-state index is 13.2. The van der Waals surface area contributed by atoms with Gasteiger partial charge in [0.25, 0.3) is 5.91 Å². The number of carbonyl (C=O) groups excluding carboxylic acids is 1. The number of alkyl halides is 6. The largest absolute Gasteiger partial charge is 0.416 e. The quantitative estimate of drug-likeness (QED) is 0.345. The van der Waals surface area contributed by atoms with Crippen LogP contribution in [0.2, 0.25) is 0 Å². The summed E-state index contributed by atoms with van der Waals surface area (Å²) < 4.78 is 76.8. The van der Waals surface area contributed by atoms with Gasteiger partial charge in [0.1, 0.15) is 5.69 Å². The lowest BCUT2D eigenvalue weighted by molar-refractivity contribution is -0.139. The maximum atomic E-state index is 13.2. The Morgan fingerprint density at radius 2 is 1.75 bits per heavy atom. The summed E-state index contributed by atoms with van der Waals surface area (Å²) in [6.07, 6.45) is -8.18. The minimum atomic E-state index is -4.49. The van der Waals surface area contributed by atoms with Crippen molar-refractivity contribution in [3.63, 3.8) is 0 Å². The average Bonchev–Trinajstić information content (AvgIpc) is 3.33. The number of amides is 1. The first-order chi connectivity index (χ1) is 17.0. The van der Waals surface area contributed by atoms with Gasteiger partial charge in [-0.3, -0.25) is 4.79 Å². The van der Waals surface area contributed by atoms with Crippen LogP contribution >= 0.6 is 11.3 Å². The Kier molecular flexibility index (Phi) is 7.70. The summed E-state index contributed by atoms with van der Waals surface area (Å²) >= 11 is 1.32. The number of piperidine rings is 1. The lowest BCUT2D eigenvalue weighted by Gasteiger charge is -2.31. The zero-order chi connectivity index (χ0) is 25.9. The van der Waals surface area contributed by atoms with Gasteiger partial charge in [0.2, 0.25) is 0 Å². The SMILES string of the molecule is O=C(Nc1ccccc1-c1cccc(C(F)(F)F)c1)c1csc(C2CCN(CCC(F)(F)F)CC2)n1. The second-order valence-corrected chi connectivity index (χ2v) is 9.52. The monoisotopic (exact) mass is 527 g/mol. The number of aromatic nitrogens is 1. The number of para-hydroxylation sites is 1. The Bertz CT molecular complexity index is 1200. The van der Waals surface area contributed by atoms with Gasteiger partial charge in [0, 0.05) is 29.1 Å². The van der Waals surface area contributed by atoms with Crippen molar-refractivity contribution in [2.75, 3.05) is 25.0 Å². The van der Waals surface area contributed by atoms with Crippen LogP contribution in [-0.4, -0.2) is 41.6 Å². The van der Waals surface area contributed by atoms with E-state index < -0.39 is 30.2 Å². The Morgan fingerprint density at radius 3 is 2.44 bits per heavy atom. The van der Waals surface area contributed by atoms with Gasteiger partial charge in [-0.05, 0) is 49.7 Å². The van der Waals surface area contributed by atoms with Crippen molar-refractivity contribution in [1.29, 1.82) is 0 Å². The van der Waals surface area contributed by atoms with E-state index in [1.54, 1.807) is 40.6 Å². The van der Waals surface area contributed by atoms with Gasteiger partial charge in [-0.2, -0.15) is 26.3 Å². The van der Waals surface area contributed by atoms with Crippen LogP contribution in [-0.2, 0) is 6.18 Å². The third-order valence-electron chi connectivity index (χ3n) is 6.08. The van der Waals surface area contributed by atoms with Crippen molar-refractivity contribution in [2.45, 2.75) is 37.5 Å². The fourth-order valence-electron chi connectivity index (χ4n) is 4.16. The van der Waals surface area contributed by atoms with Crippen molar-refractivity contribution >= 4 is 22.9 Å². The average molecular weight is 528 g/mol. The minimum Gasteiger partial charge on any atom is -0.320 e. The number of nitrogens with one attached hydrogen (secondary N) is 1. The van der Waals surface area contributed by atoms with E-state index in [9.17, 15) is 31.1 Å². The Labute approximate surface area is 208 Å². The van der Waals surface area contributed by atoms with Crippen LogP contribution in [0.15, 0.2) is 53.9 Å². The second-order valence-electron chi connectivity index (χ2n) is 8.63. The van der Waals surface area contributed by atoms with E-state index in [0.717, 1.165) is 17.1 Å². The summed E-state index contributed by atoms with van der Waals surface area (Å²) in [4.78, 5) is 19.1. The number of thiazole rings is 1. The number of nitrogens with zero attached hydrogens (tertiary/aromatic N) is 2. The molecule has 2 aromatic carbocycles. The molecular weight excluding hydrogens is 504 g/mol. The molecule has 2 heterocycles. The van der Waals surface area contributed by atoms with Crippen LogP contribution in [0.25, 0.3) is 11.1 Å². The van der Waals surface area contributed by atoms with E-state index >= 15 is 0 Å². The molecule has 1 N–H and O–H groups in total. The molecule has 0 saturated carbocycles. The number of hydrogen-bond acceptors (Lipinski definition) is 4. The highest BCUT2D eigenvalue weighted by molar-refractivity contribution is 7.10. The highest BCUT2D eigenvalue weighted by Gasteiger charge is 2.31. The van der Waals surface area contributed by atoms with Crippen molar-refractivity contribution in [2.24, 2.45) is 0 Å². The Balaban J connectivity index is 1.42. The molecule has 0 atom stereocenters. The zero-order valence-corrected chi connectivity index (χ0v) is 19.8. The molecule has 192 valence electrons. The van der Waals surface area contributed by atoms with Crippen LogP contribution in [0.1, 0.15) is 46.2 Å². The van der Waals surface area contributed by atoms with Gasteiger partial charge in [0.15, 0.2) is 0 Å². The van der Waals surface area contributed by atoms with E-state index in [1.807, 2.05) is 0 Å². The van der Waals surface area contributed by atoms with Crippen molar-refractivity contribution < 1.29 is 31.1 Å². The second kappa shape index (κ2) is 10.6. The fraction of sp³-hybridized carbons (Fsp3) is 0.360. The standard InChI is InChI=1S/C25H23F6N3OS/c26-24(27,28)10-13-34-11-8-16(9-12-34)23-33-21(15-36-23)22(35)32-20-7-2-1-6-19(20)17-4-3-5-18(14-17)25(29,30)31/h1-7,14-16H,8-13H2,(H,32,35). The van der Waals surface area contributed by atoms with E-state index in [4.69, 9.17) is 0 Å². The smallest absolute Gasteiger partial charge is 0.320 e. The van der Waals surface area contributed by atoms with E-state index in [-0.39, 0.29) is 18.2 Å². The molecule has 36 heavy (non-hydrogen) atoms. The molecule has 0 unspecified atom stereocenters. The molecule has 1 aliphatic rings. The number of benzene rings is 2. The molecule has 1 aromatic heterocycles. The van der Waals surface area contributed by atoms with Crippen molar-refractivity contribution in [3.8, 4) is 11.1 Å². The molecular formula is C25H23F6N3OS. The number of anilines is 1. The third-order valence-corrected chi connectivity index (χ3v) is 7.09. The Morgan fingerprint density at radius 1 is 1.03 bits per heavy atom. The third kappa shape index (κ3) is 6.64. The summed E-state index contributed by atoms with van der Waals surface area (Å²) in [6.45, 7) is 1.05. The van der Waals surface area contributed by atoms with Gasteiger partial charge >= 0.3 is 12.4 Å². The molecule has 4 nitrogen and oxygen atoms in total. The first kappa shape index (κ1) is 26.2. The van der Waals surface area contributed by atoms with Crippen LogP contribution in [0, 0.1) is 0 Å². The number of hydrogen-bond donors (Lipinski definition) is 1. The summed E-state index contributed by atoms with van der Waals surface area (Å²) in [7, 11) is 0. The summed E-state index contributed by atoms with van der Waals surface area (Å²) in [5.41, 5.74) is 0.521. The molecule has 0 aliphatic carbocycles. The fourth-order valence-corrected chi connectivity index (χ4v) is 5.13. The topological polar surface area (TPSA) is 45.2 Å². The van der Waals surface area contributed by atoms with E-state index in [2.05, 4.69) is 10.3 Å². The minimum absolute atomic E-state index is 0.0208. The van der Waals surface area contributed by atoms with Crippen molar-refractivity contribution in [1.82, 2.24) is 9.88 Å². The summed E-state index contributed by atoms with van der Waals surface area (Å²) in [5, 5.41) is 5.12. The lowest BCUT2D eigenvalue weighted by atomic mass is 9.97. The van der Waals surface area contributed by atoms with E-state index in [1.165, 1.54) is 17.4 Å². The highest BCUT2D eigenvalue weighted by atomic mass is 32.1. The molecule has 0 bridgehead atoms. The van der Waals surface area contributed by atoms with Crippen molar-refractivity contribution in [3.05, 3.63) is 70.2 Å². The number of rotatable bonds is 6. The van der Waals surface area contributed by atoms with Gasteiger partial charge in [-0.15, -0.1) is 11.3 Å². The predicted molar refractivity (Wildman–Crippen MR) is 126 cm³/mol. The number of halogens is 6. The molecule has 3 aromatic rings. The lowest BCUT2D eigenvalue weighted by Crippen LogP contribution is -2.35. The van der Waals surface area contributed by atoms with Crippen LogP contribution in [0.3, 0.4) is 0 Å². The molecule has 11 heteroatoms. The maximum Gasteiger partial charge on any atom is 0.416 e. The molecule has 0 radical (unpaired) electrons. The first-order valence-corrected chi connectivity index (χ1v) is 12.2. The van der Waals surface area contributed by atoms with Crippen LogP contribution in [0.4, 0.5) is 32.0 Å². The van der Waals surface area contributed by atoms with Crippen LogP contribution < -0.4 is 5.32 Å². The first-order valence-electron chi connectivity index (χ1n) is 11.3. The molecule has 1 amide bonds. The van der Waals surface area contributed by atoms with Gasteiger partial charge in [0.05, 0.1) is 17.0 Å². The number of likely N-dealkylation sites (tertiary alicyclic amines) is 1. The highest BCUT2D eigenvalue weighted by Crippen LogP contribution is 2.35. The Hall–Kier alpha value is -2.92. The summed E-state index contributed by atoms with van der Waals surface area (Å²) in [6, 6.07) is 11.5. The molecule has 4 rings (SSSR count). The summed E-state index contributed by atoms with van der Waals surface area (Å²) in [5.74, 6) is -0.421. The van der Waals surface area contributed by atoms with Crippen LogP contribution in [0.5, 0.6) is 0 Å². The van der Waals surface area contributed by atoms with E-state index in [0.29, 0.717) is 42.7 Å².